The fourth-order valence-electron chi connectivity index (χ4n) is 4.48. The van der Waals surface area contributed by atoms with E-state index in [1.807, 2.05) is 0 Å². The number of hydrogen-bond acceptors (Lipinski definition) is 4. The summed E-state index contributed by atoms with van der Waals surface area (Å²) in [6.45, 7) is 0.284. The molecule has 1 fully saturated rings. The van der Waals surface area contributed by atoms with Gasteiger partial charge in [0.15, 0.2) is 0 Å². The lowest BCUT2D eigenvalue weighted by Crippen LogP contribution is -2.45. The Bertz CT molecular complexity index is 997. The van der Waals surface area contributed by atoms with E-state index in [0.29, 0.717) is 16.3 Å². The first-order valence-corrected chi connectivity index (χ1v) is 11.0. The molecule has 3 N–H and O–H groups in total. The molecule has 2 aromatic carbocycles. The van der Waals surface area contributed by atoms with Crippen LogP contribution in [0.3, 0.4) is 0 Å². The molecule has 1 saturated carbocycles. The summed E-state index contributed by atoms with van der Waals surface area (Å²) in [7, 11) is -2.04. The standard InChI is InChI=1S/C20H25N3O3S/c1-23-17-10-11-18(14-8-5-9-15(19(14)17)20(23)24)27(25,26)22-16(12-21)13-6-3-2-4-7-13/h5,8-11,13,16,22H,2-4,6-7,12,21H2,1H3. The minimum atomic E-state index is -3.75. The zero-order chi connectivity index (χ0) is 19.2. The molecule has 2 aromatic rings. The Morgan fingerprint density at radius 2 is 1.93 bits per heavy atom. The van der Waals surface area contributed by atoms with Gasteiger partial charge in [0.05, 0.1) is 10.6 Å². The third-order valence-electron chi connectivity index (χ3n) is 5.94. The Labute approximate surface area is 159 Å². The van der Waals surface area contributed by atoms with Gasteiger partial charge in [-0.3, -0.25) is 4.79 Å². The molecule has 2 aliphatic rings. The van der Waals surface area contributed by atoms with Crippen LogP contribution >= 0.6 is 0 Å². The van der Waals surface area contributed by atoms with Crippen LogP contribution in [0.25, 0.3) is 10.8 Å². The summed E-state index contributed by atoms with van der Waals surface area (Å²) >= 11 is 0. The highest BCUT2D eigenvalue weighted by molar-refractivity contribution is 7.89. The van der Waals surface area contributed by atoms with Crippen LogP contribution in [0.1, 0.15) is 42.5 Å². The van der Waals surface area contributed by atoms with Crippen LogP contribution in [0.4, 0.5) is 5.69 Å². The minimum absolute atomic E-state index is 0.111. The summed E-state index contributed by atoms with van der Waals surface area (Å²) < 4.78 is 29.2. The van der Waals surface area contributed by atoms with Gasteiger partial charge in [0, 0.05) is 36.0 Å². The third-order valence-corrected chi connectivity index (χ3v) is 7.49. The number of nitrogens with zero attached hydrogens (tertiary/aromatic N) is 1. The average Bonchev–Trinajstić information content (AvgIpc) is 2.94. The van der Waals surface area contributed by atoms with E-state index in [1.54, 1.807) is 42.3 Å². The number of hydrogen-bond donors (Lipinski definition) is 2. The van der Waals surface area contributed by atoms with Gasteiger partial charge < -0.3 is 10.6 Å². The number of nitrogens with one attached hydrogen (secondary N) is 1. The molecule has 144 valence electrons. The lowest BCUT2D eigenvalue weighted by Gasteiger charge is -2.30. The number of amides is 1. The summed E-state index contributed by atoms with van der Waals surface area (Å²) in [6, 6.07) is 8.28. The van der Waals surface area contributed by atoms with E-state index in [0.717, 1.165) is 31.4 Å². The van der Waals surface area contributed by atoms with Crippen LogP contribution in [-0.4, -0.2) is 34.0 Å². The van der Waals surface area contributed by atoms with E-state index < -0.39 is 10.0 Å². The Kier molecular flexibility index (Phi) is 4.70. The van der Waals surface area contributed by atoms with E-state index in [1.165, 1.54) is 6.42 Å². The van der Waals surface area contributed by atoms with E-state index in [4.69, 9.17) is 5.73 Å². The highest BCUT2D eigenvalue weighted by Crippen LogP contribution is 2.39. The average molecular weight is 388 g/mol. The van der Waals surface area contributed by atoms with Crippen LogP contribution in [0.5, 0.6) is 0 Å². The van der Waals surface area contributed by atoms with Gasteiger partial charge in [-0.2, -0.15) is 0 Å². The Morgan fingerprint density at radius 1 is 1.19 bits per heavy atom. The number of benzene rings is 2. The van der Waals surface area contributed by atoms with Gasteiger partial charge in [-0.25, -0.2) is 13.1 Å². The number of anilines is 1. The molecular weight excluding hydrogens is 362 g/mol. The summed E-state index contributed by atoms with van der Waals surface area (Å²) in [6.07, 6.45) is 5.47. The first-order chi connectivity index (χ1) is 12.9. The Hall–Kier alpha value is -1.96. The van der Waals surface area contributed by atoms with Crippen LogP contribution < -0.4 is 15.4 Å². The van der Waals surface area contributed by atoms with E-state index in [2.05, 4.69) is 4.72 Å². The van der Waals surface area contributed by atoms with Crippen molar-refractivity contribution in [2.45, 2.75) is 43.0 Å². The Morgan fingerprint density at radius 3 is 2.63 bits per heavy atom. The minimum Gasteiger partial charge on any atom is -0.329 e. The maximum absolute atomic E-state index is 13.2. The van der Waals surface area contributed by atoms with Crippen molar-refractivity contribution in [1.29, 1.82) is 0 Å². The molecule has 1 aliphatic carbocycles. The van der Waals surface area contributed by atoms with Crippen LogP contribution in [0, 0.1) is 5.92 Å². The molecule has 0 aromatic heterocycles. The van der Waals surface area contributed by atoms with Crippen molar-refractivity contribution in [3.63, 3.8) is 0 Å². The van der Waals surface area contributed by atoms with Crippen LogP contribution in [0.15, 0.2) is 35.2 Å². The van der Waals surface area contributed by atoms with Crippen molar-refractivity contribution in [3.8, 4) is 0 Å². The lowest BCUT2D eigenvalue weighted by molar-refractivity contribution is 0.0999. The molecular formula is C20H25N3O3S. The van der Waals surface area contributed by atoms with Gasteiger partial charge in [0.2, 0.25) is 10.0 Å². The molecule has 0 bridgehead atoms. The van der Waals surface area contributed by atoms with Crippen LogP contribution in [0.2, 0.25) is 0 Å². The largest absolute Gasteiger partial charge is 0.329 e. The van der Waals surface area contributed by atoms with E-state index >= 15 is 0 Å². The van der Waals surface area contributed by atoms with Crippen molar-refractivity contribution >= 4 is 32.4 Å². The highest BCUT2D eigenvalue weighted by Gasteiger charge is 2.32. The number of carbonyl (C=O) groups excluding carboxylic acids is 1. The van der Waals surface area contributed by atoms with Crippen LogP contribution in [-0.2, 0) is 10.0 Å². The maximum Gasteiger partial charge on any atom is 0.258 e. The van der Waals surface area contributed by atoms with Crippen molar-refractivity contribution in [2.75, 3.05) is 18.5 Å². The number of carbonyl (C=O) groups is 1. The van der Waals surface area contributed by atoms with Gasteiger partial charge in [-0.15, -0.1) is 0 Å². The third kappa shape index (κ3) is 3.03. The molecule has 0 radical (unpaired) electrons. The van der Waals surface area contributed by atoms with Crippen molar-refractivity contribution in [1.82, 2.24) is 4.72 Å². The quantitative estimate of drug-likeness (QED) is 0.825. The summed E-state index contributed by atoms with van der Waals surface area (Å²) in [5, 5.41) is 1.28. The summed E-state index contributed by atoms with van der Waals surface area (Å²) in [4.78, 5) is 14.2. The molecule has 1 heterocycles. The zero-order valence-electron chi connectivity index (χ0n) is 15.4. The second-order valence-electron chi connectivity index (χ2n) is 7.54. The first-order valence-electron chi connectivity index (χ1n) is 9.50. The fraction of sp³-hybridized carbons (Fsp3) is 0.450. The lowest BCUT2D eigenvalue weighted by atomic mass is 9.84. The SMILES string of the molecule is CN1C(=O)c2cccc3c(S(=O)(=O)NC(CN)C4CCCCC4)ccc1c23. The molecule has 1 amide bonds. The second-order valence-corrected chi connectivity index (χ2v) is 9.22. The molecule has 1 atom stereocenters. The maximum atomic E-state index is 13.2. The molecule has 1 unspecified atom stereocenters. The predicted octanol–water partition coefficient (Wildman–Crippen LogP) is 2.62. The highest BCUT2D eigenvalue weighted by atomic mass is 32.2. The summed E-state index contributed by atoms with van der Waals surface area (Å²) in [5.74, 6) is 0.170. The van der Waals surface area contributed by atoms with Gasteiger partial charge >= 0.3 is 0 Å². The molecule has 4 rings (SSSR count). The first kappa shape index (κ1) is 18.4. The van der Waals surface area contributed by atoms with Gasteiger partial charge in [0.25, 0.3) is 5.91 Å². The molecule has 1 aliphatic heterocycles. The number of sulfonamides is 1. The molecule has 6 nitrogen and oxygen atoms in total. The van der Waals surface area contributed by atoms with E-state index in [9.17, 15) is 13.2 Å². The second kappa shape index (κ2) is 6.89. The molecule has 27 heavy (non-hydrogen) atoms. The number of nitrogens with two attached hydrogens (primary N) is 1. The predicted molar refractivity (Wildman–Crippen MR) is 106 cm³/mol. The van der Waals surface area contributed by atoms with Gasteiger partial charge in [-0.05, 0) is 37.0 Å². The number of rotatable bonds is 5. The van der Waals surface area contributed by atoms with Crippen molar-refractivity contribution < 1.29 is 13.2 Å². The topological polar surface area (TPSA) is 92.5 Å². The fourth-order valence-corrected chi connectivity index (χ4v) is 6.00. The molecule has 7 heteroatoms. The van der Waals surface area contributed by atoms with Crippen molar-refractivity contribution in [2.24, 2.45) is 11.7 Å². The van der Waals surface area contributed by atoms with Gasteiger partial charge in [0.1, 0.15) is 0 Å². The molecule has 0 saturated heterocycles. The normalized spacial score (nSPS) is 19.0. The monoisotopic (exact) mass is 387 g/mol. The molecule has 0 spiro atoms. The zero-order valence-corrected chi connectivity index (χ0v) is 16.3. The Balaban J connectivity index is 1.75. The summed E-state index contributed by atoms with van der Waals surface area (Å²) in [5.41, 5.74) is 7.21. The van der Waals surface area contributed by atoms with Crippen molar-refractivity contribution in [3.05, 3.63) is 35.9 Å². The van der Waals surface area contributed by atoms with E-state index in [-0.39, 0.29) is 29.3 Å². The smallest absolute Gasteiger partial charge is 0.258 e. The van der Waals surface area contributed by atoms with Gasteiger partial charge in [-0.1, -0.05) is 31.4 Å².